The van der Waals surface area contributed by atoms with E-state index in [1.807, 2.05) is 17.7 Å². The zero-order chi connectivity index (χ0) is 14.3. The standard InChI is InChI=1S/C13H24N4O2/c1-10(2)9-17-6-5-14-12(17)8-15-13(19)16-11(3)4-7-18/h5-6,10-11,18H,4,7-9H2,1-3H3,(H2,15,16,19)/t11-/m1/s1. The second-order valence-electron chi connectivity index (χ2n) is 5.13. The van der Waals surface area contributed by atoms with Gasteiger partial charge >= 0.3 is 6.03 Å². The van der Waals surface area contributed by atoms with E-state index in [9.17, 15) is 4.79 Å². The third-order valence-electron chi connectivity index (χ3n) is 2.71. The predicted octanol–water partition coefficient (Wildman–Crippen LogP) is 1.11. The highest BCUT2D eigenvalue weighted by atomic mass is 16.3. The van der Waals surface area contributed by atoms with Crippen LogP contribution in [0, 0.1) is 5.92 Å². The maximum absolute atomic E-state index is 11.6. The summed E-state index contributed by atoms with van der Waals surface area (Å²) >= 11 is 0. The molecule has 0 aliphatic carbocycles. The largest absolute Gasteiger partial charge is 0.396 e. The topological polar surface area (TPSA) is 79.2 Å². The highest BCUT2D eigenvalue weighted by molar-refractivity contribution is 5.74. The Kier molecular flexibility index (Phi) is 6.35. The van der Waals surface area contributed by atoms with Crippen molar-refractivity contribution >= 4 is 6.03 Å². The molecule has 0 spiro atoms. The third kappa shape index (κ3) is 5.74. The highest BCUT2D eigenvalue weighted by Crippen LogP contribution is 2.03. The maximum atomic E-state index is 11.6. The van der Waals surface area contributed by atoms with E-state index in [-0.39, 0.29) is 18.7 Å². The van der Waals surface area contributed by atoms with Crippen molar-refractivity contribution in [2.45, 2.75) is 46.3 Å². The zero-order valence-corrected chi connectivity index (χ0v) is 11.9. The van der Waals surface area contributed by atoms with Crippen LogP contribution < -0.4 is 10.6 Å². The molecule has 1 aromatic rings. The van der Waals surface area contributed by atoms with Gasteiger partial charge in [0.25, 0.3) is 0 Å². The molecule has 1 heterocycles. The van der Waals surface area contributed by atoms with Crippen LogP contribution in [-0.2, 0) is 13.1 Å². The fourth-order valence-corrected chi connectivity index (χ4v) is 1.77. The Balaban J connectivity index is 2.40. The summed E-state index contributed by atoms with van der Waals surface area (Å²) in [7, 11) is 0. The van der Waals surface area contributed by atoms with Crippen LogP contribution >= 0.6 is 0 Å². The fraction of sp³-hybridized carbons (Fsp3) is 0.692. The van der Waals surface area contributed by atoms with Gasteiger partial charge in [-0.2, -0.15) is 0 Å². The minimum absolute atomic E-state index is 0.0413. The van der Waals surface area contributed by atoms with Gasteiger partial charge in [0, 0.05) is 31.6 Å². The lowest BCUT2D eigenvalue weighted by molar-refractivity contribution is 0.230. The smallest absolute Gasteiger partial charge is 0.315 e. The molecule has 2 amide bonds. The number of imidazole rings is 1. The number of rotatable bonds is 7. The van der Waals surface area contributed by atoms with E-state index in [0.29, 0.717) is 18.9 Å². The summed E-state index contributed by atoms with van der Waals surface area (Å²) in [5, 5.41) is 14.3. The molecule has 19 heavy (non-hydrogen) atoms. The first-order valence-electron chi connectivity index (χ1n) is 6.68. The van der Waals surface area contributed by atoms with Crippen LogP contribution in [0.25, 0.3) is 0 Å². The third-order valence-corrected chi connectivity index (χ3v) is 2.71. The first-order chi connectivity index (χ1) is 9.02. The molecule has 0 aliphatic heterocycles. The van der Waals surface area contributed by atoms with E-state index < -0.39 is 0 Å². The number of nitrogens with zero attached hydrogens (tertiary/aromatic N) is 2. The molecule has 0 radical (unpaired) electrons. The van der Waals surface area contributed by atoms with E-state index in [1.165, 1.54) is 0 Å². The van der Waals surface area contributed by atoms with E-state index in [2.05, 4.69) is 29.5 Å². The molecule has 0 saturated carbocycles. The van der Waals surface area contributed by atoms with E-state index in [0.717, 1.165) is 12.4 Å². The quantitative estimate of drug-likeness (QED) is 0.693. The van der Waals surface area contributed by atoms with Crippen LogP contribution in [0.3, 0.4) is 0 Å². The van der Waals surface area contributed by atoms with Gasteiger partial charge in [0.15, 0.2) is 0 Å². The van der Waals surface area contributed by atoms with Crippen LogP contribution in [0.4, 0.5) is 4.79 Å². The Morgan fingerprint density at radius 2 is 2.21 bits per heavy atom. The minimum atomic E-state index is -0.236. The number of hydrogen-bond donors (Lipinski definition) is 3. The molecule has 0 aromatic carbocycles. The fourth-order valence-electron chi connectivity index (χ4n) is 1.77. The molecule has 6 nitrogen and oxygen atoms in total. The number of nitrogens with one attached hydrogen (secondary N) is 2. The highest BCUT2D eigenvalue weighted by Gasteiger charge is 2.09. The minimum Gasteiger partial charge on any atom is -0.396 e. The van der Waals surface area contributed by atoms with Crippen molar-refractivity contribution in [3.8, 4) is 0 Å². The normalized spacial score (nSPS) is 12.5. The number of hydrogen-bond acceptors (Lipinski definition) is 3. The Hall–Kier alpha value is -1.56. The van der Waals surface area contributed by atoms with E-state index >= 15 is 0 Å². The molecule has 1 rings (SSSR count). The first kappa shape index (κ1) is 15.5. The van der Waals surface area contributed by atoms with Crippen molar-refractivity contribution in [3.63, 3.8) is 0 Å². The molecule has 0 fully saturated rings. The van der Waals surface area contributed by atoms with Crippen molar-refractivity contribution in [1.29, 1.82) is 0 Å². The Bertz CT molecular complexity index is 390. The summed E-state index contributed by atoms with van der Waals surface area (Å²) < 4.78 is 2.04. The monoisotopic (exact) mass is 268 g/mol. The number of urea groups is 1. The maximum Gasteiger partial charge on any atom is 0.315 e. The lowest BCUT2D eigenvalue weighted by Crippen LogP contribution is -2.41. The summed E-state index contributed by atoms with van der Waals surface area (Å²) in [6.07, 6.45) is 4.21. The molecule has 0 unspecified atom stereocenters. The van der Waals surface area contributed by atoms with Crippen LogP contribution in [-0.4, -0.2) is 33.3 Å². The Morgan fingerprint density at radius 1 is 1.47 bits per heavy atom. The van der Waals surface area contributed by atoms with Crippen LogP contribution in [0.15, 0.2) is 12.4 Å². The van der Waals surface area contributed by atoms with Gasteiger partial charge in [-0.3, -0.25) is 0 Å². The summed E-state index contributed by atoms with van der Waals surface area (Å²) in [5.41, 5.74) is 0. The zero-order valence-electron chi connectivity index (χ0n) is 11.9. The van der Waals surface area contributed by atoms with Gasteiger partial charge in [-0.15, -0.1) is 0 Å². The first-order valence-corrected chi connectivity index (χ1v) is 6.68. The lowest BCUT2D eigenvalue weighted by Gasteiger charge is -2.14. The van der Waals surface area contributed by atoms with E-state index in [1.54, 1.807) is 6.20 Å². The number of aliphatic hydroxyl groups excluding tert-OH is 1. The van der Waals surface area contributed by atoms with Gasteiger partial charge in [0.2, 0.25) is 0 Å². The van der Waals surface area contributed by atoms with Crippen molar-refractivity contribution in [1.82, 2.24) is 20.2 Å². The van der Waals surface area contributed by atoms with Crippen molar-refractivity contribution in [3.05, 3.63) is 18.2 Å². The Morgan fingerprint density at radius 3 is 2.84 bits per heavy atom. The van der Waals surface area contributed by atoms with E-state index in [4.69, 9.17) is 5.11 Å². The Labute approximate surface area is 114 Å². The molecule has 3 N–H and O–H groups in total. The number of carbonyl (C=O) groups is 1. The molecule has 1 atom stereocenters. The number of aromatic nitrogens is 2. The summed E-state index contributed by atoms with van der Waals surface area (Å²) in [4.78, 5) is 15.9. The van der Waals surface area contributed by atoms with Crippen LogP contribution in [0.5, 0.6) is 0 Å². The molecule has 0 saturated heterocycles. The number of carbonyl (C=O) groups excluding carboxylic acids is 1. The summed E-state index contributed by atoms with van der Waals surface area (Å²) in [5.74, 6) is 1.38. The van der Waals surface area contributed by atoms with Gasteiger partial charge in [-0.25, -0.2) is 9.78 Å². The van der Waals surface area contributed by atoms with Gasteiger partial charge < -0.3 is 20.3 Å². The predicted molar refractivity (Wildman–Crippen MR) is 73.6 cm³/mol. The number of amides is 2. The molecular weight excluding hydrogens is 244 g/mol. The van der Waals surface area contributed by atoms with Crippen molar-refractivity contribution < 1.29 is 9.90 Å². The van der Waals surface area contributed by atoms with Gasteiger partial charge in [-0.05, 0) is 19.3 Å². The molecule has 1 aromatic heterocycles. The summed E-state index contributed by atoms with van der Waals surface area (Å²) in [6.45, 7) is 7.49. The SMILES string of the molecule is CC(C)Cn1ccnc1CNC(=O)N[C@H](C)CCO. The lowest BCUT2D eigenvalue weighted by atomic mass is 10.2. The van der Waals surface area contributed by atoms with Gasteiger partial charge in [0.1, 0.15) is 5.82 Å². The molecule has 6 heteroatoms. The van der Waals surface area contributed by atoms with Crippen molar-refractivity contribution in [2.75, 3.05) is 6.61 Å². The molecular formula is C13H24N4O2. The van der Waals surface area contributed by atoms with Crippen LogP contribution in [0.2, 0.25) is 0 Å². The molecule has 0 aliphatic rings. The second kappa shape index (κ2) is 7.78. The van der Waals surface area contributed by atoms with Gasteiger partial charge in [0.05, 0.1) is 6.54 Å². The second-order valence-corrected chi connectivity index (χ2v) is 5.13. The van der Waals surface area contributed by atoms with Crippen LogP contribution in [0.1, 0.15) is 33.0 Å². The molecule has 108 valence electrons. The van der Waals surface area contributed by atoms with Crippen molar-refractivity contribution in [2.24, 2.45) is 5.92 Å². The average molecular weight is 268 g/mol. The average Bonchev–Trinajstić information content (AvgIpc) is 2.73. The summed E-state index contributed by atoms with van der Waals surface area (Å²) in [6, 6.07) is -0.277. The molecule has 0 bridgehead atoms. The van der Waals surface area contributed by atoms with Gasteiger partial charge in [-0.1, -0.05) is 13.8 Å². The number of aliphatic hydroxyl groups is 1.